The summed E-state index contributed by atoms with van der Waals surface area (Å²) in [5.74, 6) is -0.888. The molecule has 6 heteroatoms. The van der Waals surface area contributed by atoms with Crippen LogP contribution in [0.2, 0.25) is 0 Å². The molecule has 0 rings (SSSR count). The third kappa shape index (κ3) is 66.8. The first kappa shape index (κ1) is 77.1. The number of ether oxygens (including phenoxy) is 3. The average molecular weight is 1130 g/mol. The summed E-state index contributed by atoms with van der Waals surface area (Å²) in [7, 11) is 0. The van der Waals surface area contributed by atoms with E-state index >= 15 is 0 Å². The molecule has 0 aliphatic carbocycles. The van der Waals surface area contributed by atoms with Crippen LogP contribution in [0.25, 0.3) is 0 Å². The smallest absolute Gasteiger partial charge is 0.306 e. The van der Waals surface area contributed by atoms with Crippen LogP contribution in [0.4, 0.5) is 0 Å². The standard InChI is InChI=1S/C75H128O6/c1-4-7-10-13-16-19-22-25-27-29-31-32-33-34-35-36-37-38-39-40-41-42-44-45-47-50-53-56-59-62-65-68-74(77)80-71-72(70-79-73(76)67-64-61-58-55-52-49-24-21-18-15-12-9-6-3)81-75(78)69-66-63-60-57-54-51-48-46-43-30-28-26-23-20-17-14-11-8-5-2/h7,10,16,19,21,24-28,31-32,34-35,37-38,40-41,72H,4-6,8-9,11-15,17-18,20,22-23,29-30,33,36,39,42-71H2,1-3H3/b10-7-,19-16-,24-21-,27-25-,28-26-,32-31-,35-34-,38-37-,41-40-. The van der Waals surface area contributed by atoms with Gasteiger partial charge in [0, 0.05) is 19.3 Å². The predicted octanol–water partition coefficient (Wildman–Crippen LogP) is 23.8. The van der Waals surface area contributed by atoms with E-state index in [4.69, 9.17) is 14.2 Å². The lowest BCUT2D eigenvalue weighted by Gasteiger charge is -2.18. The maximum Gasteiger partial charge on any atom is 0.306 e. The van der Waals surface area contributed by atoms with Gasteiger partial charge in [0.2, 0.25) is 0 Å². The zero-order valence-corrected chi connectivity index (χ0v) is 53.3. The average Bonchev–Trinajstić information content (AvgIpc) is 3.46. The molecule has 464 valence electrons. The van der Waals surface area contributed by atoms with Gasteiger partial charge in [-0.3, -0.25) is 14.4 Å². The molecule has 6 nitrogen and oxygen atoms in total. The van der Waals surface area contributed by atoms with Crippen molar-refractivity contribution in [3.05, 3.63) is 109 Å². The fraction of sp³-hybridized carbons (Fsp3) is 0.720. The molecule has 0 heterocycles. The Kier molecular flexibility index (Phi) is 65.2. The van der Waals surface area contributed by atoms with E-state index in [0.717, 1.165) is 116 Å². The van der Waals surface area contributed by atoms with Gasteiger partial charge in [0.05, 0.1) is 0 Å². The maximum absolute atomic E-state index is 12.9. The summed E-state index contributed by atoms with van der Waals surface area (Å²) >= 11 is 0. The SMILES string of the molecule is CC/C=C\C/C=C\C/C=C\C/C=C\C/C=C\C/C=C\C/C=C\CCCCCCCCCCCC(=O)OCC(COC(=O)CCCCCCC/C=C\CCCCCC)OC(=O)CCCCCCCCCCC/C=C\CCCCCCCC. The monoisotopic (exact) mass is 1120 g/mol. The minimum absolute atomic E-state index is 0.0834. The number of esters is 3. The molecule has 1 atom stereocenters. The maximum atomic E-state index is 12.9. The molecule has 0 aromatic rings. The van der Waals surface area contributed by atoms with E-state index in [9.17, 15) is 14.4 Å². The van der Waals surface area contributed by atoms with Crippen LogP contribution in [-0.4, -0.2) is 37.2 Å². The van der Waals surface area contributed by atoms with Gasteiger partial charge in [-0.15, -0.1) is 0 Å². The van der Waals surface area contributed by atoms with Crippen LogP contribution in [-0.2, 0) is 28.6 Å². The Morgan fingerprint density at radius 2 is 0.481 bits per heavy atom. The highest BCUT2D eigenvalue weighted by atomic mass is 16.6. The Morgan fingerprint density at radius 1 is 0.259 bits per heavy atom. The quantitative estimate of drug-likeness (QED) is 0.0261. The van der Waals surface area contributed by atoms with Crippen molar-refractivity contribution in [2.24, 2.45) is 0 Å². The summed E-state index contributed by atoms with van der Waals surface area (Å²) in [4.78, 5) is 38.4. The molecule has 0 bridgehead atoms. The summed E-state index contributed by atoms with van der Waals surface area (Å²) in [6.07, 6.45) is 93.9. The second-order valence-corrected chi connectivity index (χ2v) is 22.7. The van der Waals surface area contributed by atoms with E-state index in [0.29, 0.717) is 19.3 Å². The van der Waals surface area contributed by atoms with Gasteiger partial charge in [0.25, 0.3) is 0 Å². The van der Waals surface area contributed by atoms with Gasteiger partial charge >= 0.3 is 17.9 Å². The van der Waals surface area contributed by atoms with Crippen molar-refractivity contribution in [3.8, 4) is 0 Å². The minimum Gasteiger partial charge on any atom is -0.462 e. The first-order valence-corrected chi connectivity index (χ1v) is 34.4. The van der Waals surface area contributed by atoms with E-state index in [2.05, 4.69) is 130 Å². The summed E-state index contributed by atoms with van der Waals surface area (Å²) in [5.41, 5.74) is 0. The molecule has 0 saturated carbocycles. The molecular weight excluding hydrogens is 997 g/mol. The van der Waals surface area contributed by atoms with Crippen LogP contribution in [0.5, 0.6) is 0 Å². The van der Waals surface area contributed by atoms with Gasteiger partial charge in [-0.05, 0) is 128 Å². The molecule has 0 aromatic carbocycles. The predicted molar refractivity (Wildman–Crippen MR) is 353 cm³/mol. The van der Waals surface area contributed by atoms with Crippen molar-refractivity contribution < 1.29 is 28.6 Å². The molecule has 0 amide bonds. The van der Waals surface area contributed by atoms with E-state index in [-0.39, 0.29) is 31.1 Å². The van der Waals surface area contributed by atoms with E-state index < -0.39 is 6.10 Å². The Hall–Kier alpha value is -3.93. The van der Waals surface area contributed by atoms with Crippen LogP contribution in [0.1, 0.15) is 329 Å². The van der Waals surface area contributed by atoms with Gasteiger partial charge in [-0.25, -0.2) is 0 Å². The topological polar surface area (TPSA) is 78.9 Å². The zero-order valence-electron chi connectivity index (χ0n) is 53.3. The van der Waals surface area contributed by atoms with Crippen LogP contribution < -0.4 is 0 Å². The highest BCUT2D eigenvalue weighted by Gasteiger charge is 2.19. The van der Waals surface area contributed by atoms with Gasteiger partial charge in [0.1, 0.15) is 13.2 Å². The number of hydrogen-bond donors (Lipinski definition) is 0. The van der Waals surface area contributed by atoms with Crippen LogP contribution in [0, 0.1) is 0 Å². The highest BCUT2D eigenvalue weighted by molar-refractivity contribution is 5.71. The Bertz CT molecular complexity index is 1620. The van der Waals surface area contributed by atoms with Crippen molar-refractivity contribution in [3.63, 3.8) is 0 Å². The van der Waals surface area contributed by atoms with Crippen molar-refractivity contribution in [1.29, 1.82) is 0 Å². The number of unbranched alkanes of at least 4 members (excludes halogenated alkanes) is 33. The zero-order chi connectivity index (χ0) is 58.5. The van der Waals surface area contributed by atoms with E-state index in [1.807, 2.05) is 0 Å². The number of carbonyl (C=O) groups excluding carboxylic acids is 3. The summed E-state index contributed by atoms with van der Waals surface area (Å²) in [5, 5.41) is 0. The molecular formula is C75H128O6. The van der Waals surface area contributed by atoms with Gasteiger partial charge in [0.15, 0.2) is 6.10 Å². The molecule has 0 saturated heterocycles. The van der Waals surface area contributed by atoms with Crippen molar-refractivity contribution in [2.75, 3.05) is 13.2 Å². The normalized spacial score (nSPS) is 12.8. The summed E-state index contributed by atoms with van der Waals surface area (Å²) < 4.78 is 16.9. The number of carbonyl (C=O) groups is 3. The lowest BCUT2D eigenvalue weighted by molar-refractivity contribution is -0.167. The van der Waals surface area contributed by atoms with Gasteiger partial charge < -0.3 is 14.2 Å². The molecule has 0 aliphatic heterocycles. The van der Waals surface area contributed by atoms with E-state index in [1.165, 1.54) is 173 Å². The van der Waals surface area contributed by atoms with Gasteiger partial charge in [-0.1, -0.05) is 291 Å². The van der Waals surface area contributed by atoms with E-state index in [1.54, 1.807) is 0 Å². The minimum atomic E-state index is -0.787. The van der Waals surface area contributed by atoms with Crippen LogP contribution in [0.3, 0.4) is 0 Å². The van der Waals surface area contributed by atoms with Crippen molar-refractivity contribution >= 4 is 17.9 Å². The first-order chi connectivity index (χ1) is 40.0. The van der Waals surface area contributed by atoms with Crippen LogP contribution in [0.15, 0.2) is 109 Å². The third-order valence-corrected chi connectivity index (χ3v) is 14.7. The molecule has 0 fully saturated rings. The fourth-order valence-electron chi connectivity index (χ4n) is 9.59. The molecule has 0 N–H and O–H groups in total. The summed E-state index contributed by atoms with van der Waals surface area (Å²) in [6.45, 7) is 6.52. The highest BCUT2D eigenvalue weighted by Crippen LogP contribution is 2.16. The number of allylic oxidation sites excluding steroid dienone is 18. The fourth-order valence-corrected chi connectivity index (χ4v) is 9.59. The van der Waals surface area contributed by atoms with Gasteiger partial charge in [-0.2, -0.15) is 0 Å². The second kappa shape index (κ2) is 68.6. The molecule has 0 radical (unpaired) electrons. The van der Waals surface area contributed by atoms with Crippen molar-refractivity contribution in [2.45, 2.75) is 335 Å². The molecule has 0 aromatic heterocycles. The first-order valence-electron chi connectivity index (χ1n) is 34.4. The molecule has 1 unspecified atom stereocenters. The number of hydrogen-bond acceptors (Lipinski definition) is 6. The summed E-state index contributed by atoms with van der Waals surface area (Å²) in [6, 6.07) is 0. The molecule has 0 spiro atoms. The molecule has 0 aliphatic rings. The number of rotatable bonds is 62. The Labute approximate surface area is 501 Å². The third-order valence-electron chi connectivity index (χ3n) is 14.7. The largest absolute Gasteiger partial charge is 0.462 e. The lowest BCUT2D eigenvalue weighted by Crippen LogP contribution is -2.30. The second-order valence-electron chi connectivity index (χ2n) is 22.7. The molecule has 81 heavy (non-hydrogen) atoms. The lowest BCUT2D eigenvalue weighted by atomic mass is 10.1. The Morgan fingerprint density at radius 3 is 0.778 bits per heavy atom. The van der Waals surface area contributed by atoms with Crippen LogP contribution >= 0.6 is 0 Å². The van der Waals surface area contributed by atoms with Crippen molar-refractivity contribution in [1.82, 2.24) is 0 Å². The Balaban J connectivity index is 4.29.